The first-order valence-corrected chi connectivity index (χ1v) is 7.14. The van der Waals surface area contributed by atoms with Crippen molar-refractivity contribution in [1.82, 2.24) is 24.9 Å². The van der Waals surface area contributed by atoms with Crippen molar-refractivity contribution in [2.24, 2.45) is 0 Å². The van der Waals surface area contributed by atoms with Crippen LogP contribution in [0, 0.1) is 11.3 Å². The second-order valence-corrected chi connectivity index (χ2v) is 5.54. The van der Waals surface area contributed by atoms with E-state index in [-0.39, 0.29) is 18.1 Å². The number of ether oxygens (including phenoxy) is 1. The molecule has 0 spiro atoms. The van der Waals surface area contributed by atoms with Gasteiger partial charge in [0, 0.05) is 19.3 Å². The maximum atomic E-state index is 12.6. The summed E-state index contributed by atoms with van der Waals surface area (Å²) in [5.41, 5.74) is 1.82. The van der Waals surface area contributed by atoms with Crippen LogP contribution < -0.4 is 0 Å². The molecule has 2 atom stereocenters. The molecule has 4 rings (SSSR count). The summed E-state index contributed by atoms with van der Waals surface area (Å²) in [6, 6.07) is 3.59. The number of carbonyl (C=O) groups excluding carboxylic acids is 1. The Morgan fingerprint density at radius 3 is 3.27 bits per heavy atom. The molecule has 4 heterocycles. The average Bonchev–Trinajstić information content (AvgIpc) is 3.22. The monoisotopic (exact) mass is 298 g/mol. The Morgan fingerprint density at radius 2 is 2.45 bits per heavy atom. The van der Waals surface area contributed by atoms with Gasteiger partial charge >= 0.3 is 0 Å². The summed E-state index contributed by atoms with van der Waals surface area (Å²) in [5, 5.41) is 16.9. The number of H-pyrrole nitrogens is 1. The lowest BCUT2D eigenvalue weighted by Gasteiger charge is -2.40. The summed E-state index contributed by atoms with van der Waals surface area (Å²) in [7, 11) is 0. The molecule has 0 aromatic carbocycles. The number of rotatable bonds is 1. The van der Waals surface area contributed by atoms with Gasteiger partial charge in [-0.05, 0) is 12.5 Å². The van der Waals surface area contributed by atoms with Crippen LogP contribution >= 0.6 is 0 Å². The summed E-state index contributed by atoms with van der Waals surface area (Å²) in [4.78, 5) is 17.2. The maximum Gasteiger partial charge on any atom is 0.270 e. The van der Waals surface area contributed by atoms with E-state index in [1.54, 1.807) is 23.4 Å². The molecule has 112 valence electrons. The predicted octanol–water partition coefficient (Wildman–Crippen LogP) is 0.464. The van der Waals surface area contributed by atoms with Crippen LogP contribution in [0.15, 0.2) is 18.5 Å². The lowest BCUT2D eigenvalue weighted by atomic mass is 10.00. The molecule has 0 aliphatic carbocycles. The average molecular weight is 298 g/mol. The van der Waals surface area contributed by atoms with E-state index in [2.05, 4.69) is 15.3 Å². The molecule has 1 N–H and O–H groups in total. The van der Waals surface area contributed by atoms with Crippen LogP contribution in [0.3, 0.4) is 0 Å². The number of hydrogen-bond donors (Lipinski definition) is 1. The first-order chi connectivity index (χ1) is 10.8. The van der Waals surface area contributed by atoms with Gasteiger partial charge in [-0.3, -0.25) is 4.79 Å². The van der Waals surface area contributed by atoms with Gasteiger partial charge in [0.05, 0.1) is 36.2 Å². The Labute approximate surface area is 126 Å². The summed E-state index contributed by atoms with van der Waals surface area (Å²) in [6.07, 6.45) is 4.07. The highest BCUT2D eigenvalue weighted by Crippen LogP contribution is 2.30. The maximum absolute atomic E-state index is 12.6. The van der Waals surface area contributed by atoms with Crippen molar-refractivity contribution in [2.45, 2.75) is 25.2 Å². The van der Waals surface area contributed by atoms with Gasteiger partial charge in [0.2, 0.25) is 0 Å². The van der Waals surface area contributed by atoms with Gasteiger partial charge in [-0.25, -0.2) is 4.68 Å². The molecule has 2 aromatic rings. The van der Waals surface area contributed by atoms with Crippen molar-refractivity contribution < 1.29 is 9.53 Å². The van der Waals surface area contributed by atoms with Gasteiger partial charge in [-0.2, -0.15) is 5.26 Å². The quantitative estimate of drug-likeness (QED) is 0.824. The number of nitrogens with zero attached hydrogens (tertiary/aromatic N) is 5. The molecule has 2 aliphatic heterocycles. The van der Waals surface area contributed by atoms with Crippen molar-refractivity contribution in [2.75, 3.05) is 13.1 Å². The molecular weight excluding hydrogens is 284 g/mol. The molecule has 1 fully saturated rings. The number of carbonyl (C=O) groups is 1. The molecule has 1 amide bonds. The van der Waals surface area contributed by atoms with Gasteiger partial charge in [0.15, 0.2) is 0 Å². The molecule has 0 unspecified atom stereocenters. The molecule has 0 bridgehead atoms. The number of aromatic nitrogens is 4. The van der Waals surface area contributed by atoms with Crippen LogP contribution in [0.1, 0.15) is 34.2 Å². The van der Waals surface area contributed by atoms with Crippen molar-refractivity contribution in [1.29, 1.82) is 5.26 Å². The molecule has 0 radical (unpaired) electrons. The zero-order chi connectivity index (χ0) is 15.1. The molecule has 0 saturated carbocycles. The molecule has 8 heteroatoms. The van der Waals surface area contributed by atoms with E-state index in [0.29, 0.717) is 31.0 Å². The third-order valence-electron chi connectivity index (χ3n) is 4.26. The van der Waals surface area contributed by atoms with Crippen LogP contribution in [-0.4, -0.2) is 50.0 Å². The standard InChI is InChI=1S/C14H14N6O2/c15-4-9-3-11(16-5-9)14(21)19-2-1-13-12(7-19)20-10(8-22-13)6-17-18-20/h3,5-6,12-13,16H,1-2,7-8H2/t12-,13+/m1/s1. The molecule has 22 heavy (non-hydrogen) atoms. The second kappa shape index (κ2) is 4.96. The lowest BCUT2D eigenvalue weighted by Crippen LogP contribution is -2.50. The first kappa shape index (κ1) is 13.0. The van der Waals surface area contributed by atoms with E-state index in [1.807, 2.05) is 10.8 Å². The SMILES string of the molecule is N#Cc1c[nH]c(C(=O)N2CC[C@@H]3OCc4cnnn4[C@@H]3C2)c1. The zero-order valence-electron chi connectivity index (χ0n) is 11.8. The zero-order valence-corrected chi connectivity index (χ0v) is 11.8. The largest absolute Gasteiger partial charge is 0.370 e. The summed E-state index contributed by atoms with van der Waals surface area (Å²) in [6.45, 7) is 1.68. The van der Waals surface area contributed by atoms with E-state index < -0.39 is 0 Å². The number of piperidine rings is 1. The Morgan fingerprint density at radius 1 is 1.55 bits per heavy atom. The van der Waals surface area contributed by atoms with Crippen molar-refractivity contribution in [3.05, 3.63) is 35.4 Å². The van der Waals surface area contributed by atoms with Gasteiger partial charge < -0.3 is 14.6 Å². The van der Waals surface area contributed by atoms with E-state index in [9.17, 15) is 4.79 Å². The number of aromatic amines is 1. The van der Waals surface area contributed by atoms with Crippen LogP contribution in [-0.2, 0) is 11.3 Å². The topological polar surface area (TPSA) is 99.8 Å². The van der Waals surface area contributed by atoms with Crippen LogP contribution in [0.4, 0.5) is 0 Å². The number of amides is 1. The summed E-state index contributed by atoms with van der Waals surface area (Å²) in [5.74, 6) is -0.104. The summed E-state index contributed by atoms with van der Waals surface area (Å²) < 4.78 is 7.70. The van der Waals surface area contributed by atoms with Gasteiger partial charge in [-0.15, -0.1) is 5.10 Å². The number of likely N-dealkylation sites (tertiary alicyclic amines) is 1. The highest BCUT2D eigenvalue weighted by molar-refractivity contribution is 5.93. The highest BCUT2D eigenvalue weighted by atomic mass is 16.5. The molecule has 8 nitrogen and oxygen atoms in total. The van der Waals surface area contributed by atoms with Gasteiger partial charge in [-0.1, -0.05) is 5.21 Å². The van der Waals surface area contributed by atoms with Gasteiger partial charge in [0.25, 0.3) is 5.91 Å². The summed E-state index contributed by atoms with van der Waals surface area (Å²) >= 11 is 0. The van der Waals surface area contributed by atoms with E-state index in [1.165, 1.54) is 0 Å². The number of nitriles is 1. The second-order valence-electron chi connectivity index (χ2n) is 5.54. The number of nitrogens with one attached hydrogen (secondary N) is 1. The van der Waals surface area contributed by atoms with Crippen molar-refractivity contribution >= 4 is 5.91 Å². The predicted molar refractivity (Wildman–Crippen MR) is 73.7 cm³/mol. The molecule has 2 aliphatic rings. The third kappa shape index (κ3) is 1.98. The highest BCUT2D eigenvalue weighted by Gasteiger charge is 2.38. The van der Waals surface area contributed by atoms with Crippen LogP contribution in [0.5, 0.6) is 0 Å². The number of hydrogen-bond acceptors (Lipinski definition) is 5. The normalized spacial score (nSPS) is 23.5. The van der Waals surface area contributed by atoms with E-state index in [4.69, 9.17) is 10.00 Å². The van der Waals surface area contributed by atoms with E-state index in [0.717, 1.165) is 12.1 Å². The van der Waals surface area contributed by atoms with E-state index >= 15 is 0 Å². The Kier molecular flexibility index (Phi) is 2.94. The smallest absolute Gasteiger partial charge is 0.270 e. The molecular formula is C14H14N6O2. The Balaban J connectivity index is 1.56. The van der Waals surface area contributed by atoms with Crippen molar-refractivity contribution in [3.63, 3.8) is 0 Å². The minimum Gasteiger partial charge on any atom is -0.370 e. The lowest BCUT2D eigenvalue weighted by molar-refractivity contribution is -0.0605. The number of fused-ring (bicyclic) bond motifs is 3. The Hall–Kier alpha value is -2.66. The third-order valence-corrected chi connectivity index (χ3v) is 4.26. The minimum atomic E-state index is -0.104. The fourth-order valence-electron chi connectivity index (χ4n) is 3.12. The van der Waals surface area contributed by atoms with Crippen LogP contribution in [0.2, 0.25) is 0 Å². The fourth-order valence-corrected chi connectivity index (χ4v) is 3.12. The van der Waals surface area contributed by atoms with Gasteiger partial charge in [0.1, 0.15) is 11.8 Å². The van der Waals surface area contributed by atoms with Crippen molar-refractivity contribution in [3.8, 4) is 6.07 Å². The molecule has 2 aromatic heterocycles. The fraction of sp³-hybridized carbons (Fsp3) is 0.429. The molecule has 1 saturated heterocycles. The first-order valence-electron chi connectivity index (χ1n) is 7.14. The minimum absolute atomic E-state index is 0.00523. The Bertz CT molecular complexity index is 757. The van der Waals surface area contributed by atoms with Crippen LogP contribution in [0.25, 0.3) is 0 Å².